The summed E-state index contributed by atoms with van der Waals surface area (Å²) in [5, 5.41) is 2.98. The fourth-order valence-electron chi connectivity index (χ4n) is 1.92. The number of rotatable bonds is 3. The van der Waals surface area contributed by atoms with E-state index in [9.17, 15) is 9.59 Å². The van der Waals surface area contributed by atoms with Gasteiger partial charge in [0.05, 0.1) is 12.5 Å². The molecule has 0 radical (unpaired) electrons. The normalized spacial score (nSPS) is 22.8. The summed E-state index contributed by atoms with van der Waals surface area (Å²) in [5.74, 6) is 0.835. The van der Waals surface area contributed by atoms with Crippen molar-refractivity contribution in [2.24, 2.45) is 0 Å². The molecule has 1 saturated heterocycles. The predicted octanol–water partition coefficient (Wildman–Crippen LogP) is 0.868. The molecule has 0 saturated carbocycles. The third kappa shape index (κ3) is 2.47. The van der Waals surface area contributed by atoms with E-state index in [0.717, 1.165) is 18.0 Å². The lowest BCUT2D eigenvalue weighted by Gasteiger charge is -2.29. The molecule has 1 atom stereocenters. The minimum atomic E-state index is 0.0733. The van der Waals surface area contributed by atoms with Crippen molar-refractivity contribution in [3.8, 4) is 0 Å². The van der Waals surface area contributed by atoms with E-state index in [-0.39, 0.29) is 17.1 Å². The van der Waals surface area contributed by atoms with Crippen LogP contribution in [0.15, 0.2) is 24.0 Å². The van der Waals surface area contributed by atoms with E-state index >= 15 is 0 Å². The van der Waals surface area contributed by atoms with Gasteiger partial charge in [0.15, 0.2) is 5.12 Å². The summed E-state index contributed by atoms with van der Waals surface area (Å²) in [7, 11) is 0. The maximum Gasteiger partial charge on any atom is 0.226 e. The Hall–Kier alpha value is -1.23. The van der Waals surface area contributed by atoms with Crippen LogP contribution in [0.3, 0.4) is 0 Å². The molecule has 2 aliphatic rings. The zero-order valence-corrected chi connectivity index (χ0v) is 9.92. The Bertz CT molecular complexity index is 376. The second kappa shape index (κ2) is 4.74. The van der Waals surface area contributed by atoms with Crippen LogP contribution in [0.2, 0.25) is 0 Å². The Morgan fingerprint density at radius 3 is 3.25 bits per heavy atom. The van der Waals surface area contributed by atoms with Gasteiger partial charge in [-0.25, -0.2) is 0 Å². The van der Waals surface area contributed by atoms with E-state index in [1.54, 1.807) is 6.92 Å². The van der Waals surface area contributed by atoms with E-state index in [1.165, 1.54) is 11.8 Å². The number of fused-ring (bicyclic) bond motifs is 1. The lowest BCUT2D eigenvalue weighted by atomic mass is 10.1. The van der Waals surface area contributed by atoms with E-state index in [0.29, 0.717) is 6.42 Å². The number of hydrogen-bond acceptors (Lipinski definition) is 4. The van der Waals surface area contributed by atoms with E-state index < -0.39 is 0 Å². The monoisotopic (exact) mass is 238 g/mol. The van der Waals surface area contributed by atoms with Crippen molar-refractivity contribution >= 4 is 22.8 Å². The van der Waals surface area contributed by atoms with Crippen molar-refractivity contribution in [1.29, 1.82) is 0 Å². The Morgan fingerprint density at radius 1 is 1.69 bits per heavy atom. The van der Waals surface area contributed by atoms with Crippen LogP contribution < -0.4 is 5.32 Å². The number of amides is 1. The molecule has 0 aromatic carbocycles. The Balaban J connectivity index is 1.91. The molecule has 1 fully saturated rings. The van der Waals surface area contributed by atoms with Gasteiger partial charge in [-0.05, 0) is 18.4 Å². The average Bonchev–Trinajstić information content (AvgIpc) is 2.58. The van der Waals surface area contributed by atoms with Gasteiger partial charge in [0.25, 0.3) is 0 Å². The third-order valence-corrected chi connectivity index (χ3v) is 3.42. The average molecular weight is 238 g/mol. The maximum atomic E-state index is 11.3. The van der Waals surface area contributed by atoms with E-state index in [1.807, 2.05) is 18.4 Å². The second-order valence-electron chi connectivity index (χ2n) is 3.81. The zero-order chi connectivity index (χ0) is 11.5. The van der Waals surface area contributed by atoms with Gasteiger partial charge >= 0.3 is 0 Å². The van der Waals surface area contributed by atoms with Crippen molar-refractivity contribution in [2.45, 2.75) is 19.4 Å². The van der Waals surface area contributed by atoms with Gasteiger partial charge in [0.1, 0.15) is 0 Å². The first kappa shape index (κ1) is 11.3. The van der Waals surface area contributed by atoms with Crippen LogP contribution in [0.1, 0.15) is 13.3 Å². The van der Waals surface area contributed by atoms with Crippen molar-refractivity contribution < 1.29 is 9.59 Å². The van der Waals surface area contributed by atoms with Crippen LogP contribution in [0.4, 0.5) is 0 Å². The van der Waals surface area contributed by atoms with Gasteiger partial charge in [-0.15, -0.1) is 0 Å². The fraction of sp³-hybridized carbons (Fsp3) is 0.455. The molecular formula is C11H14N2O2S. The number of thioether (sulfide) groups is 1. The molecule has 0 spiro atoms. The van der Waals surface area contributed by atoms with Gasteiger partial charge in [-0.2, -0.15) is 0 Å². The molecule has 4 nitrogen and oxygen atoms in total. The molecule has 0 aromatic rings. The molecule has 1 unspecified atom stereocenters. The highest BCUT2D eigenvalue weighted by molar-refractivity contribution is 8.13. The van der Waals surface area contributed by atoms with Crippen molar-refractivity contribution in [1.82, 2.24) is 10.2 Å². The minimum Gasteiger partial charge on any atom is -0.368 e. The van der Waals surface area contributed by atoms with Crippen molar-refractivity contribution in [3.63, 3.8) is 0 Å². The number of carbonyl (C=O) groups is 2. The standard InChI is InChI=1S/C11H14N2O2S/c1-8(14)16-6-5-13-4-2-3-9-10(13)7-11(15)12-9/h2-4,10H,5-7H2,1H3,(H,12,15). The molecule has 16 heavy (non-hydrogen) atoms. The molecule has 0 bridgehead atoms. The van der Waals surface area contributed by atoms with Gasteiger partial charge in [-0.3, -0.25) is 9.59 Å². The predicted molar refractivity (Wildman–Crippen MR) is 63.6 cm³/mol. The van der Waals surface area contributed by atoms with Crippen LogP contribution in [0.5, 0.6) is 0 Å². The van der Waals surface area contributed by atoms with Crippen LogP contribution in [0, 0.1) is 0 Å². The maximum absolute atomic E-state index is 11.3. The highest BCUT2D eigenvalue weighted by atomic mass is 32.2. The Labute approximate surface area is 98.8 Å². The first-order chi connectivity index (χ1) is 7.66. The van der Waals surface area contributed by atoms with Crippen LogP contribution in [0.25, 0.3) is 0 Å². The summed E-state index contributed by atoms with van der Waals surface area (Å²) >= 11 is 1.32. The molecule has 2 aliphatic heterocycles. The molecule has 1 amide bonds. The quantitative estimate of drug-likeness (QED) is 0.792. The summed E-state index contributed by atoms with van der Waals surface area (Å²) in [5.41, 5.74) is 0.973. The Morgan fingerprint density at radius 2 is 2.50 bits per heavy atom. The number of hydrogen-bond donors (Lipinski definition) is 1. The molecule has 5 heteroatoms. The zero-order valence-electron chi connectivity index (χ0n) is 9.10. The summed E-state index contributed by atoms with van der Waals surface area (Å²) in [6, 6.07) is 0.144. The number of nitrogens with one attached hydrogen (secondary N) is 1. The second-order valence-corrected chi connectivity index (χ2v) is 5.08. The Kier molecular flexibility index (Phi) is 3.33. The van der Waals surface area contributed by atoms with Crippen molar-refractivity contribution in [3.05, 3.63) is 24.0 Å². The molecule has 2 heterocycles. The van der Waals surface area contributed by atoms with Crippen LogP contribution >= 0.6 is 11.8 Å². The highest BCUT2D eigenvalue weighted by Crippen LogP contribution is 2.23. The molecule has 0 aromatic heterocycles. The van der Waals surface area contributed by atoms with Crippen LogP contribution in [-0.2, 0) is 9.59 Å². The molecule has 2 rings (SSSR count). The number of carbonyl (C=O) groups excluding carboxylic acids is 2. The molecule has 0 aliphatic carbocycles. The largest absolute Gasteiger partial charge is 0.368 e. The molecule has 1 N–H and O–H groups in total. The fourth-order valence-corrected chi connectivity index (χ4v) is 2.51. The van der Waals surface area contributed by atoms with Gasteiger partial charge in [0.2, 0.25) is 5.91 Å². The molecule has 86 valence electrons. The van der Waals surface area contributed by atoms with Gasteiger partial charge < -0.3 is 10.2 Å². The minimum absolute atomic E-state index is 0.0733. The summed E-state index contributed by atoms with van der Waals surface area (Å²) in [6.45, 7) is 2.36. The summed E-state index contributed by atoms with van der Waals surface area (Å²) in [4.78, 5) is 24.2. The lowest BCUT2D eigenvalue weighted by Crippen LogP contribution is -2.34. The lowest BCUT2D eigenvalue weighted by molar-refractivity contribution is -0.119. The topological polar surface area (TPSA) is 49.4 Å². The first-order valence-corrected chi connectivity index (χ1v) is 6.23. The molecular weight excluding hydrogens is 224 g/mol. The third-order valence-electron chi connectivity index (χ3n) is 2.63. The summed E-state index contributed by atoms with van der Waals surface area (Å²) in [6.07, 6.45) is 6.36. The van der Waals surface area contributed by atoms with E-state index in [2.05, 4.69) is 10.2 Å². The van der Waals surface area contributed by atoms with E-state index in [4.69, 9.17) is 0 Å². The highest BCUT2D eigenvalue weighted by Gasteiger charge is 2.31. The van der Waals surface area contributed by atoms with Crippen LogP contribution in [-0.4, -0.2) is 34.3 Å². The first-order valence-electron chi connectivity index (χ1n) is 5.24. The number of nitrogens with zero attached hydrogens (tertiary/aromatic N) is 1. The SMILES string of the molecule is CC(=O)SCCN1C=CC=C2NC(=O)CC21. The smallest absolute Gasteiger partial charge is 0.226 e. The van der Waals surface area contributed by atoms with Gasteiger partial charge in [0, 0.05) is 24.9 Å². The van der Waals surface area contributed by atoms with Gasteiger partial charge in [-0.1, -0.05) is 11.8 Å². The summed E-state index contributed by atoms with van der Waals surface area (Å²) < 4.78 is 0. The number of allylic oxidation sites excluding steroid dienone is 2. The van der Waals surface area contributed by atoms with Crippen molar-refractivity contribution in [2.75, 3.05) is 12.3 Å².